The molecule has 0 fully saturated rings. The Morgan fingerprint density at radius 1 is 1.10 bits per heavy atom. The van der Waals surface area contributed by atoms with Crippen LogP contribution < -0.4 is 11.1 Å². The van der Waals surface area contributed by atoms with Gasteiger partial charge in [0, 0.05) is 11.3 Å². The molecule has 0 spiro atoms. The van der Waals surface area contributed by atoms with Crippen LogP contribution in [0.3, 0.4) is 0 Å². The summed E-state index contributed by atoms with van der Waals surface area (Å²) in [4.78, 5) is 11.9. The zero-order chi connectivity index (χ0) is 15.5. The molecule has 0 aliphatic rings. The summed E-state index contributed by atoms with van der Waals surface area (Å²) >= 11 is 0. The number of benzene rings is 2. The largest absolute Gasteiger partial charge is 0.444 e. The summed E-state index contributed by atoms with van der Waals surface area (Å²) in [6.45, 7) is 5.47. The Morgan fingerprint density at radius 2 is 1.76 bits per heavy atom. The SMILES string of the molecule is CC(C)(C)OC(=O)Nc1cc(N)ccc1-c1ccccc1. The van der Waals surface area contributed by atoms with Crippen molar-refractivity contribution in [2.75, 3.05) is 11.1 Å². The number of ether oxygens (including phenoxy) is 1. The van der Waals surface area contributed by atoms with E-state index in [9.17, 15) is 4.79 Å². The van der Waals surface area contributed by atoms with Crippen molar-refractivity contribution in [3.63, 3.8) is 0 Å². The number of carbonyl (C=O) groups excluding carboxylic acids is 1. The van der Waals surface area contributed by atoms with E-state index in [2.05, 4.69) is 5.32 Å². The highest BCUT2D eigenvalue weighted by Crippen LogP contribution is 2.30. The lowest BCUT2D eigenvalue weighted by molar-refractivity contribution is 0.0636. The van der Waals surface area contributed by atoms with Crippen molar-refractivity contribution >= 4 is 17.5 Å². The van der Waals surface area contributed by atoms with Gasteiger partial charge in [-0.3, -0.25) is 5.32 Å². The second-order valence-electron chi connectivity index (χ2n) is 5.80. The second-order valence-corrected chi connectivity index (χ2v) is 5.80. The maximum atomic E-state index is 11.9. The smallest absolute Gasteiger partial charge is 0.412 e. The fraction of sp³-hybridized carbons (Fsp3) is 0.235. The second kappa shape index (κ2) is 5.87. The fourth-order valence-corrected chi connectivity index (χ4v) is 1.95. The average Bonchev–Trinajstić information content (AvgIpc) is 2.37. The van der Waals surface area contributed by atoms with E-state index in [0.29, 0.717) is 11.4 Å². The molecule has 0 radical (unpaired) electrons. The topological polar surface area (TPSA) is 64.3 Å². The molecular weight excluding hydrogens is 264 g/mol. The normalized spacial score (nSPS) is 11.0. The third kappa shape index (κ3) is 4.24. The van der Waals surface area contributed by atoms with Crippen LogP contribution in [0.25, 0.3) is 11.1 Å². The molecule has 0 aliphatic carbocycles. The Kier molecular flexibility index (Phi) is 4.17. The van der Waals surface area contributed by atoms with E-state index in [-0.39, 0.29) is 0 Å². The van der Waals surface area contributed by atoms with Crippen LogP contribution in [0.15, 0.2) is 48.5 Å². The summed E-state index contributed by atoms with van der Waals surface area (Å²) in [6.07, 6.45) is -0.495. The van der Waals surface area contributed by atoms with Gasteiger partial charge in [-0.1, -0.05) is 36.4 Å². The van der Waals surface area contributed by atoms with Crippen molar-refractivity contribution in [1.82, 2.24) is 0 Å². The van der Waals surface area contributed by atoms with Crippen LogP contribution in [0.1, 0.15) is 20.8 Å². The van der Waals surface area contributed by atoms with Crippen LogP contribution in [0, 0.1) is 0 Å². The molecule has 0 aliphatic heterocycles. The van der Waals surface area contributed by atoms with Crippen LogP contribution in [-0.4, -0.2) is 11.7 Å². The minimum atomic E-state index is -0.544. The summed E-state index contributed by atoms with van der Waals surface area (Å²) in [6, 6.07) is 15.2. The van der Waals surface area contributed by atoms with Crippen LogP contribution in [-0.2, 0) is 4.74 Å². The molecule has 0 saturated heterocycles. The van der Waals surface area contributed by atoms with Gasteiger partial charge in [-0.25, -0.2) is 4.79 Å². The number of hydrogen-bond donors (Lipinski definition) is 2. The highest BCUT2D eigenvalue weighted by atomic mass is 16.6. The Hall–Kier alpha value is -2.49. The molecular formula is C17H20N2O2. The molecule has 4 nitrogen and oxygen atoms in total. The highest BCUT2D eigenvalue weighted by molar-refractivity contribution is 5.92. The van der Waals surface area contributed by atoms with Crippen molar-refractivity contribution in [2.45, 2.75) is 26.4 Å². The molecule has 0 heterocycles. The minimum absolute atomic E-state index is 0.495. The lowest BCUT2D eigenvalue weighted by atomic mass is 10.0. The van der Waals surface area contributed by atoms with Gasteiger partial charge in [-0.15, -0.1) is 0 Å². The minimum Gasteiger partial charge on any atom is -0.444 e. The number of nitrogens with one attached hydrogen (secondary N) is 1. The van der Waals surface area contributed by atoms with Gasteiger partial charge in [-0.2, -0.15) is 0 Å². The third-order valence-corrected chi connectivity index (χ3v) is 2.76. The van der Waals surface area contributed by atoms with E-state index in [1.807, 2.05) is 63.2 Å². The molecule has 3 N–H and O–H groups in total. The van der Waals surface area contributed by atoms with Crippen LogP contribution in [0.2, 0.25) is 0 Å². The van der Waals surface area contributed by atoms with Crippen molar-refractivity contribution < 1.29 is 9.53 Å². The van der Waals surface area contributed by atoms with Gasteiger partial charge in [0.25, 0.3) is 0 Å². The Balaban J connectivity index is 2.30. The highest BCUT2D eigenvalue weighted by Gasteiger charge is 2.17. The number of nitrogens with two attached hydrogens (primary N) is 1. The molecule has 2 rings (SSSR count). The molecule has 2 aromatic carbocycles. The quantitative estimate of drug-likeness (QED) is 0.809. The zero-order valence-electron chi connectivity index (χ0n) is 12.5. The van der Waals surface area contributed by atoms with Crippen molar-refractivity contribution in [2.24, 2.45) is 0 Å². The first kappa shape index (κ1) is 14.9. The van der Waals surface area contributed by atoms with E-state index < -0.39 is 11.7 Å². The Morgan fingerprint density at radius 3 is 2.38 bits per heavy atom. The van der Waals surface area contributed by atoms with Gasteiger partial charge in [0.1, 0.15) is 5.60 Å². The summed E-state index contributed by atoms with van der Waals surface area (Å²) in [5.41, 5.74) is 8.39. The first-order chi connectivity index (χ1) is 9.85. The summed E-state index contributed by atoms with van der Waals surface area (Å²) in [5, 5.41) is 2.77. The predicted molar refractivity (Wildman–Crippen MR) is 86.1 cm³/mol. The molecule has 110 valence electrons. The molecule has 0 aromatic heterocycles. The van der Waals surface area contributed by atoms with Crippen LogP contribution in [0.4, 0.5) is 16.2 Å². The van der Waals surface area contributed by atoms with E-state index in [1.165, 1.54) is 0 Å². The van der Waals surface area contributed by atoms with Crippen molar-refractivity contribution in [3.8, 4) is 11.1 Å². The Labute approximate surface area is 124 Å². The number of hydrogen-bond acceptors (Lipinski definition) is 3. The lowest BCUT2D eigenvalue weighted by Gasteiger charge is -2.20. The van der Waals surface area contributed by atoms with E-state index in [0.717, 1.165) is 11.1 Å². The van der Waals surface area contributed by atoms with E-state index in [4.69, 9.17) is 10.5 Å². The number of rotatable bonds is 2. The molecule has 0 atom stereocenters. The van der Waals surface area contributed by atoms with E-state index >= 15 is 0 Å². The third-order valence-electron chi connectivity index (χ3n) is 2.76. The average molecular weight is 284 g/mol. The first-order valence-electron chi connectivity index (χ1n) is 6.80. The fourth-order valence-electron chi connectivity index (χ4n) is 1.95. The predicted octanol–water partition coefficient (Wildman–Crippen LogP) is 4.28. The number of amides is 1. The van der Waals surface area contributed by atoms with Gasteiger partial charge < -0.3 is 10.5 Å². The maximum Gasteiger partial charge on any atom is 0.412 e. The maximum absolute atomic E-state index is 11.9. The summed E-state index contributed by atoms with van der Waals surface area (Å²) < 4.78 is 5.28. The number of anilines is 2. The molecule has 4 heteroatoms. The summed E-state index contributed by atoms with van der Waals surface area (Å²) in [5.74, 6) is 0. The van der Waals surface area contributed by atoms with Gasteiger partial charge in [0.05, 0.1) is 5.69 Å². The van der Waals surface area contributed by atoms with Gasteiger partial charge in [-0.05, 0) is 38.5 Å². The summed E-state index contributed by atoms with van der Waals surface area (Å²) in [7, 11) is 0. The van der Waals surface area contributed by atoms with Gasteiger partial charge in [0.2, 0.25) is 0 Å². The molecule has 0 unspecified atom stereocenters. The van der Waals surface area contributed by atoms with E-state index in [1.54, 1.807) is 6.07 Å². The molecule has 1 amide bonds. The van der Waals surface area contributed by atoms with Crippen LogP contribution in [0.5, 0.6) is 0 Å². The number of carbonyl (C=O) groups is 1. The number of nitrogen functional groups attached to an aromatic ring is 1. The molecule has 21 heavy (non-hydrogen) atoms. The van der Waals surface area contributed by atoms with Gasteiger partial charge >= 0.3 is 6.09 Å². The standard InChI is InChI=1S/C17H20N2O2/c1-17(2,3)21-16(20)19-15-11-13(18)9-10-14(15)12-7-5-4-6-8-12/h4-11H,18H2,1-3H3,(H,19,20). The molecule has 0 bridgehead atoms. The van der Waals surface area contributed by atoms with Crippen LogP contribution >= 0.6 is 0 Å². The van der Waals surface area contributed by atoms with Gasteiger partial charge in [0.15, 0.2) is 0 Å². The van der Waals surface area contributed by atoms with Crippen molar-refractivity contribution in [1.29, 1.82) is 0 Å². The lowest BCUT2D eigenvalue weighted by Crippen LogP contribution is -2.27. The molecule has 2 aromatic rings. The molecule has 0 saturated carbocycles. The first-order valence-corrected chi connectivity index (χ1v) is 6.80. The van der Waals surface area contributed by atoms with Crippen molar-refractivity contribution in [3.05, 3.63) is 48.5 Å². The monoisotopic (exact) mass is 284 g/mol. The zero-order valence-corrected chi connectivity index (χ0v) is 12.5. The Bertz CT molecular complexity index is 631.